The van der Waals surface area contributed by atoms with E-state index in [4.69, 9.17) is 18.9 Å². The fraction of sp³-hybridized carbons (Fsp3) is 0.647. The summed E-state index contributed by atoms with van der Waals surface area (Å²) in [7, 11) is 0. The first kappa shape index (κ1) is 21.0. The van der Waals surface area contributed by atoms with E-state index in [2.05, 4.69) is 0 Å². The molecule has 12 heteroatoms. The van der Waals surface area contributed by atoms with Gasteiger partial charge >= 0.3 is 17.8 Å². The second-order valence-corrected chi connectivity index (χ2v) is 6.70. The lowest BCUT2D eigenvalue weighted by Crippen LogP contribution is -2.43. The molecular formula is C17H21FN2O9. The Kier molecular flexibility index (Phi) is 5.75. The van der Waals surface area contributed by atoms with Crippen molar-refractivity contribution in [1.29, 1.82) is 0 Å². The predicted octanol–water partition coefficient (Wildman–Crippen LogP) is 0.0378. The normalized spacial score (nSPS) is 28.2. The summed E-state index contributed by atoms with van der Waals surface area (Å²) in [6.45, 7) is 1.81. The van der Waals surface area contributed by atoms with Crippen molar-refractivity contribution in [2.75, 3.05) is 6.61 Å². The molecule has 29 heavy (non-hydrogen) atoms. The largest absolute Gasteiger partial charge is 0.509 e. The van der Waals surface area contributed by atoms with Crippen LogP contribution in [0.4, 0.5) is 9.18 Å². The van der Waals surface area contributed by atoms with Gasteiger partial charge in [-0.15, -0.1) is 0 Å². The number of aliphatic hydroxyl groups excluding tert-OH is 1. The zero-order chi connectivity index (χ0) is 21.3. The predicted molar refractivity (Wildman–Crippen MR) is 91.3 cm³/mol. The first-order valence-electron chi connectivity index (χ1n) is 9.09. The lowest BCUT2D eigenvalue weighted by atomic mass is 10.0. The van der Waals surface area contributed by atoms with Gasteiger partial charge in [0, 0.05) is 12.3 Å². The number of hydrogen-bond donors (Lipinski definition) is 1. The van der Waals surface area contributed by atoms with Gasteiger partial charge in [0.25, 0.3) is 11.4 Å². The van der Waals surface area contributed by atoms with Crippen LogP contribution in [-0.2, 0) is 30.5 Å². The summed E-state index contributed by atoms with van der Waals surface area (Å²) in [5.41, 5.74) is -1.74. The SMILES string of the molecule is CCC(CC)C(=O)OCn1c(=O)ccn([C@@H]2O[C@](F)(CO)[C@H]3OC(=O)O[C@@H]23)c1=O. The van der Waals surface area contributed by atoms with E-state index in [0.29, 0.717) is 17.4 Å². The van der Waals surface area contributed by atoms with E-state index < -0.39 is 61.0 Å². The Labute approximate surface area is 163 Å². The van der Waals surface area contributed by atoms with Crippen molar-refractivity contribution in [2.45, 2.75) is 57.7 Å². The van der Waals surface area contributed by atoms with Gasteiger partial charge in [-0.05, 0) is 12.8 Å². The third-order valence-corrected chi connectivity index (χ3v) is 5.02. The third-order valence-electron chi connectivity index (χ3n) is 5.02. The van der Waals surface area contributed by atoms with Gasteiger partial charge in [0.15, 0.2) is 19.1 Å². The van der Waals surface area contributed by atoms with Crippen LogP contribution in [-0.4, -0.2) is 51.0 Å². The van der Waals surface area contributed by atoms with Gasteiger partial charge in [-0.3, -0.25) is 14.2 Å². The fourth-order valence-corrected chi connectivity index (χ4v) is 3.30. The van der Waals surface area contributed by atoms with Gasteiger partial charge in [0.2, 0.25) is 6.10 Å². The molecule has 11 nitrogen and oxygen atoms in total. The van der Waals surface area contributed by atoms with E-state index in [0.717, 1.165) is 16.8 Å². The fourth-order valence-electron chi connectivity index (χ4n) is 3.30. The Morgan fingerprint density at radius 2 is 2.00 bits per heavy atom. The molecule has 2 saturated heterocycles. The number of halogens is 1. The van der Waals surface area contributed by atoms with E-state index in [1.54, 1.807) is 13.8 Å². The molecular weight excluding hydrogens is 395 g/mol. The van der Waals surface area contributed by atoms with Crippen molar-refractivity contribution >= 4 is 12.1 Å². The third kappa shape index (κ3) is 3.65. The minimum absolute atomic E-state index is 0.373. The van der Waals surface area contributed by atoms with Gasteiger partial charge < -0.3 is 24.1 Å². The maximum absolute atomic E-state index is 14.8. The summed E-state index contributed by atoms with van der Waals surface area (Å²) in [4.78, 5) is 48.3. The second-order valence-electron chi connectivity index (χ2n) is 6.70. The number of aliphatic hydroxyl groups is 1. The molecule has 0 spiro atoms. The van der Waals surface area contributed by atoms with Crippen LogP contribution >= 0.6 is 0 Å². The number of hydrogen-bond acceptors (Lipinski definition) is 9. The maximum atomic E-state index is 14.8. The van der Waals surface area contributed by atoms with Crippen molar-refractivity contribution in [1.82, 2.24) is 9.13 Å². The summed E-state index contributed by atoms with van der Waals surface area (Å²) in [5.74, 6) is -3.72. The highest BCUT2D eigenvalue weighted by Gasteiger charge is 2.64. The molecule has 0 saturated carbocycles. The van der Waals surface area contributed by atoms with Crippen LogP contribution in [0.25, 0.3) is 0 Å². The molecule has 1 aromatic rings. The number of nitrogens with zero attached hydrogens (tertiary/aromatic N) is 2. The molecule has 2 aliphatic heterocycles. The van der Waals surface area contributed by atoms with Gasteiger partial charge in [-0.25, -0.2) is 18.5 Å². The maximum Gasteiger partial charge on any atom is 0.509 e. The molecule has 1 N–H and O–H groups in total. The summed E-state index contributed by atoms with van der Waals surface area (Å²) in [6, 6.07) is 0.986. The molecule has 3 heterocycles. The smallest absolute Gasteiger partial charge is 0.443 e. The molecule has 0 unspecified atom stereocenters. The number of rotatable bonds is 7. The molecule has 160 valence electrons. The van der Waals surface area contributed by atoms with Crippen LogP contribution in [0, 0.1) is 5.92 Å². The Morgan fingerprint density at radius 1 is 1.31 bits per heavy atom. The molecule has 0 radical (unpaired) electrons. The number of aromatic nitrogens is 2. The first-order valence-corrected chi connectivity index (χ1v) is 9.09. The van der Waals surface area contributed by atoms with Crippen LogP contribution in [0.2, 0.25) is 0 Å². The van der Waals surface area contributed by atoms with Crippen LogP contribution in [0.3, 0.4) is 0 Å². The number of esters is 1. The monoisotopic (exact) mass is 416 g/mol. The summed E-state index contributed by atoms with van der Waals surface area (Å²) in [6.07, 6.45) is -3.54. The van der Waals surface area contributed by atoms with Crippen LogP contribution in [0.5, 0.6) is 0 Å². The Morgan fingerprint density at radius 3 is 2.62 bits per heavy atom. The van der Waals surface area contributed by atoms with E-state index in [-0.39, 0.29) is 5.92 Å². The number of carbonyl (C=O) groups excluding carboxylic acids is 2. The molecule has 3 rings (SSSR count). The molecule has 0 bridgehead atoms. The Hall–Kier alpha value is -2.73. The lowest BCUT2D eigenvalue weighted by Gasteiger charge is -2.22. The second kappa shape index (κ2) is 7.95. The number of ether oxygens (including phenoxy) is 4. The minimum atomic E-state index is -2.79. The van der Waals surface area contributed by atoms with Crippen LogP contribution in [0.1, 0.15) is 32.9 Å². The van der Waals surface area contributed by atoms with E-state index in [1.807, 2.05) is 0 Å². The van der Waals surface area contributed by atoms with E-state index >= 15 is 0 Å². The van der Waals surface area contributed by atoms with Gasteiger partial charge in [-0.1, -0.05) is 13.8 Å². The first-order chi connectivity index (χ1) is 13.8. The Bertz CT molecular complexity index is 909. The summed E-state index contributed by atoms with van der Waals surface area (Å²) < 4.78 is 35.9. The van der Waals surface area contributed by atoms with Crippen LogP contribution in [0.15, 0.2) is 21.9 Å². The molecule has 2 fully saturated rings. The lowest BCUT2D eigenvalue weighted by molar-refractivity contribution is -0.211. The average molecular weight is 416 g/mol. The van der Waals surface area contributed by atoms with Crippen molar-refractivity contribution in [3.05, 3.63) is 33.1 Å². The highest BCUT2D eigenvalue weighted by atomic mass is 19.2. The molecule has 0 aromatic carbocycles. The molecule has 0 amide bonds. The Balaban J connectivity index is 1.89. The number of fused-ring (bicyclic) bond motifs is 1. The van der Waals surface area contributed by atoms with E-state index in [1.165, 1.54) is 0 Å². The standard InChI is InChI=1S/C17H21FN2O9/c1-3-9(4-2)14(23)26-8-20-10(22)5-6-19(15(20)24)13-11-12(28-16(25)27-11)17(18,7-21)29-13/h5-6,9,11-13,21H,3-4,7-8H2,1-2H3/t11-,12+,13-,17-/m1/s1. The molecule has 1 aromatic heterocycles. The van der Waals surface area contributed by atoms with Crippen molar-refractivity contribution in [2.24, 2.45) is 5.92 Å². The zero-order valence-corrected chi connectivity index (χ0v) is 15.8. The number of carbonyl (C=O) groups is 2. The highest BCUT2D eigenvalue weighted by Crippen LogP contribution is 2.44. The topological polar surface area (TPSA) is 135 Å². The average Bonchev–Trinajstić information content (AvgIpc) is 3.20. The van der Waals surface area contributed by atoms with Gasteiger partial charge in [0.1, 0.15) is 6.61 Å². The van der Waals surface area contributed by atoms with Crippen molar-refractivity contribution < 1.29 is 38.0 Å². The van der Waals surface area contributed by atoms with E-state index in [9.17, 15) is 28.7 Å². The minimum Gasteiger partial charge on any atom is -0.443 e. The van der Waals surface area contributed by atoms with Gasteiger partial charge in [-0.2, -0.15) is 0 Å². The van der Waals surface area contributed by atoms with Crippen LogP contribution < -0.4 is 11.2 Å². The molecule has 0 aliphatic carbocycles. The van der Waals surface area contributed by atoms with Gasteiger partial charge in [0.05, 0.1) is 5.92 Å². The summed E-state index contributed by atoms with van der Waals surface area (Å²) in [5, 5.41) is 9.29. The number of alkyl halides is 1. The quantitative estimate of drug-likeness (QED) is 0.611. The van der Waals surface area contributed by atoms with Crippen molar-refractivity contribution in [3.63, 3.8) is 0 Å². The molecule has 2 aliphatic rings. The summed E-state index contributed by atoms with van der Waals surface area (Å²) >= 11 is 0. The molecule has 4 atom stereocenters. The van der Waals surface area contributed by atoms with Crippen molar-refractivity contribution in [3.8, 4) is 0 Å². The zero-order valence-electron chi connectivity index (χ0n) is 15.8. The highest BCUT2D eigenvalue weighted by molar-refractivity contribution is 5.72.